The third-order valence-electron chi connectivity index (χ3n) is 3.36. The Bertz CT molecular complexity index is 553. The summed E-state index contributed by atoms with van der Waals surface area (Å²) in [6.07, 6.45) is 1.04. The second-order valence-corrected chi connectivity index (χ2v) is 6.07. The summed E-state index contributed by atoms with van der Waals surface area (Å²) in [6, 6.07) is 17.0. The molecular formula is C18H22BrNO. The average Bonchev–Trinajstić information content (AvgIpc) is 2.51. The van der Waals surface area contributed by atoms with Gasteiger partial charge in [0.1, 0.15) is 5.75 Å². The van der Waals surface area contributed by atoms with Crippen LogP contribution in [-0.2, 0) is 6.54 Å². The van der Waals surface area contributed by atoms with Gasteiger partial charge in [0.15, 0.2) is 0 Å². The van der Waals surface area contributed by atoms with Crippen LogP contribution in [0.4, 0.5) is 0 Å². The molecule has 2 nitrogen and oxygen atoms in total. The fourth-order valence-corrected chi connectivity index (χ4v) is 2.51. The van der Waals surface area contributed by atoms with Crippen molar-refractivity contribution in [1.82, 2.24) is 5.32 Å². The summed E-state index contributed by atoms with van der Waals surface area (Å²) in [5.74, 6) is 0.945. The molecule has 0 bridgehead atoms. The molecule has 0 saturated heterocycles. The van der Waals surface area contributed by atoms with Crippen molar-refractivity contribution in [3.8, 4) is 5.75 Å². The van der Waals surface area contributed by atoms with E-state index in [4.69, 9.17) is 4.74 Å². The number of hydrogen-bond donors (Lipinski definition) is 1. The van der Waals surface area contributed by atoms with Crippen LogP contribution in [0.3, 0.4) is 0 Å². The Kier molecular flexibility index (Phi) is 6.27. The van der Waals surface area contributed by atoms with E-state index in [1.807, 2.05) is 18.2 Å². The van der Waals surface area contributed by atoms with E-state index < -0.39 is 0 Å². The summed E-state index contributed by atoms with van der Waals surface area (Å²) in [5.41, 5.74) is 2.55. The number of benzene rings is 2. The maximum Gasteiger partial charge on any atom is 0.119 e. The maximum absolute atomic E-state index is 5.59. The van der Waals surface area contributed by atoms with Crippen molar-refractivity contribution in [2.75, 3.05) is 6.61 Å². The zero-order valence-electron chi connectivity index (χ0n) is 12.6. The minimum absolute atomic E-state index is 0.318. The first-order valence-corrected chi connectivity index (χ1v) is 8.19. The van der Waals surface area contributed by atoms with Crippen molar-refractivity contribution in [2.24, 2.45) is 0 Å². The summed E-state index contributed by atoms with van der Waals surface area (Å²) in [7, 11) is 0. The van der Waals surface area contributed by atoms with Gasteiger partial charge in [-0.1, -0.05) is 47.1 Å². The van der Waals surface area contributed by atoms with Gasteiger partial charge in [-0.25, -0.2) is 0 Å². The van der Waals surface area contributed by atoms with E-state index in [2.05, 4.69) is 65.4 Å². The average molecular weight is 348 g/mol. The van der Waals surface area contributed by atoms with Gasteiger partial charge in [-0.3, -0.25) is 0 Å². The molecule has 2 aromatic carbocycles. The SMILES string of the molecule is CCCOc1ccc(CN[C@@H](C)c2cccc(Br)c2)cc1. The molecule has 1 N–H and O–H groups in total. The predicted octanol–water partition coefficient (Wildman–Crippen LogP) is 5.09. The highest BCUT2D eigenvalue weighted by Crippen LogP contribution is 2.19. The van der Waals surface area contributed by atoms with Gasteiger partial charge in [-0.05, 0) is 48.7 Å². The molecule has 2 rings (SSSR count). The highest BCUT2D eigenvalue weighted by molar-refractivity contribution is 9.10. The first kappa shape index (κ1) is 16.1. The van der Waals surface area contributed by atoms with E-state index in [9.17, 15) is 0 Å². The monoisotopic (exact) mass is 347 g/mol. The molecule has 0 amide bonds. The molecule has 0 fully saturated rings. The molecular weight excluding hydrogens is 326 g/mol. The first-order chi connectivity index (χ1) is 10.2. The van der Waals surface area contributed by atoms with Crippen molar-refractivity contribution in [3.63, 3.8) is 0 Å². The minimum Gasteiger partial charge on any atom is -0.494 e. The predicted molar refractivity (Wildman–Crippen MR) is 91.6 cm³/mol. The normalized spacial score (nSPS) is 12.1. The van der Waals surface area contributed by atoms with Crippen LogP contribution in [0.5, 0.6) is 5.75 Å². The lowest BCUT2D eigenvalue weighted by molar-refractivity contribution is 0.317. The zero-order chi connectivity index (χ0) is 15.1. The lowest BCUT2D eigenvalue weighted by Crippen LogP contribution is -2.18. The van der Waals surface area contributed by atoms with E-state index in [1.165, 1.54) is 11.1 Å². The molecule has 0 aliphatic heterocycles. The van der Waals surface area contributed by atoms with Crippen molar-refractivity contribution in [2.45, 2.75) is 32.9 Å². The van der Waals surface area contributed by atoms with Gasteiger partial charge >= 0.3 is 0 Å². The lowest BCUT2D eigenvalue weighted by Gasteiger charge is -2.15. The molecule has 0 saturated carbocycles. The Morgan fingerprint density at radius 1 is 1.14 bits per heavy atom. The summed E-state index contributed by atoms with van der Waals surface area (Å²) in [5, 5.41) is 3.54. The molecule has 21 heavy (non-hydrogen) atoms. The van der Waals surface area contributed by atoms with Crippen molar-refractivity contribution < 1.29 is 4.74 Å². The number of nitrogens with one attached hydrogen (secondary N) is 1. The van der Waals surface area contributed by atoms with E-state index in [1.54, 1.807) is 0 Å². The van der Waals surface area contributed by atoms with Crippen molar-refractivity contribution in [1.29, 1.82) is 0 Å². The summed E-state index contributed by atoms with van der Waals surface area (Å²) >= 11 is 3.51. The topological polar surface area (TPSA) is 21.3 Å². The van der Waals surface area contributed by atoms with Crippen LogP contribution >= 0.6 is 15.9 Å². The molecule has 0 unspecified atom stereocenters. The fraction of sp³-hybridized carbons (Fsp3) is 0.333. The third-order valence-corrected chi connectivity index (χ3v) is 3.85. The standard InChI is InChI=1S/C18H22BrNO/c1-3-11-21-18-9-7-15(8-10-18)13-20-14(2)16-5-4-6-17(19)12-16/h4-10,12,14,20H,3,11,13H2,1-2H3/t14-/m0/s1. The molecule has 0 heterocycles. The van der Waals surface area contributed by atoms with Crippen LogP contribution in [-0.4, -0.2) is 6.61 Å². The van der Waals surface area contributed by atoms with Gasteiger partial charge in [-0.15, -0.1) is 0 Å². The van der Waals surface area contributed by atoms with Crippen LogP contribution < -0.4 is 10.1 Å². The summed E-state index contributed by atoms with van der Waals surface area (Å²) in [4.78, 5) is 0. The number of rotatable bonds is 7. The maximum atomic E-state index is 5.59. The molecule has 1 atom stereocenters. The van der Waals surface area contributed by atoms with Gasteiger partial charge in [0.05, 0.1) is 6.61 Å². The molecule has 0 aliphatic carbocycles. The fourth-order valence-electron chi connectivity index (χ4n) is 2.09. The Hall–Kier alpha value is -1.32. The second kappa shape index (κ2) is 8.20. The smallest absolute Gasteiger partial charge is 0.119 e. The molecule has 112 valence electrons. The van der Waals surface area contributed by atoms with Crippen LogP contribution in [0, 0.1) is 0 Å². The quantitative estimate of drug-likeness (QED) is 0.753. The molecule has 0 radical (unpaired) electrons. The highest BCUT2D eigenvalue weighted by atomic mass is 79.9. The molecule has 0 aliphatic rings. The van der Waals surface area contributed by atoms with Gasteiger partial charge in [-0.2, -0.15) is 0 Å². The van der Waals surface area contributed by atoms with Gasteiger partial charge in [0.2, 0.25) is 0 Å². The molecule has 3 heteroatoms. The van der Waals surface area contributed by atoms with Crippen molar-refractivity contribution in [3.05, 3.63) is 64.1 Å². The second-order valence-electron chi connectivity index (χ2n) is 5.15. The van der Waals surface area contributed by atoms with Gasteiger partial charge < -0.3 is 10.1 Å². The molecule has 0 spiro atoms. The van der Waals surface area contributed by atoms with E-state index in [0.717, 1.165) is 29.8 Å². The van der Waals surface area contributed by atoms with Gasteiger partial charge in [0, 0.05) is 17.1 Å². The van der Waals surface area contributed by atoms with E-state index in [-0.39, 0.29) is 0 Å². The minimum atomic E-state index is 0.318. The molecule has 0 aromatic heterocycles. The Balaban J connectivity index is 1.87. The highest BCUT2D eigenvalue weighted by Gasteiger charge is 2.05. The van der Waals surface area contributed by atoms with Crippen LogP contribution in [0.2, 0.25) is 0 Å². The largest absolute Gasteiger partial charge is 0.494 e. The Morgan fingerprint density at radius 3 is 2.57 bits per heavy atom. The Morgan fingerprint density at radius 2 is 1.90 bits per heavy atom. The number of ether oxygens (including phenoxy) is 1. The third kappa shape index (κ3) is 5.18. The Labute approximate surface area is 135 Å². The zero-order valence-corrected chi connectivity index (χ0v) is 14.2. The summed E-state index contributed by atoms with van der Waals surface area (Å²) < 4.78 is 6.71. The van der Waals surface area contributed by atoms with E-state index in [0.29, 0.717) is 6.04 Å². The molecule has 2 aromatic rings. The number of halogens is 1. The van der Waals surface area contributed by atoms with Crippen LogP contribution in [0.25, 0.3) is 0 Å². The van der Waals surface area contributed by atoms with E-state index >= 15 is 0 Å². The van der Waals surface area contributed by atoms with Crippen LogP contribution in [0.1, 0.15) is 37.4 Å². The number of hydrogen-bond acceptors (Lipinski definition) is 2. The summed E-state index contributed by atoms with van der Waals surface area (Å²) in [6.45, 7) is 5.92. The van der Waals surface area contributed by atoms with Gasteiger partial charge in [0.25, 0.3) is 0 Å². The lowest BCUT2D eigenvalue weighted by atomic mass is 10.1. The van der Waals surface area contributed by atoms with Crippen LogP contribution in [0.15, 0.2) is 53.0 Å². The first-order valence-electron chi connectivity index (χ1n) is 7.39. The van der Waals surface area contributed by atoms with Crippen molar-refractivity contribution >= 4 is 15.9 Å².